The zero-order valence-corrected chi connectivity index (χ0v) is 10.5. The molecular weight excluding hydrogens is 303 g/mol. The van der Waals surface area contributed by atoms with E-state index in [2.05, 4.69) is 15.9 Å². The molecule has 2 aromatic carbocycles. The highest BCUT2D eigenvalue weighted by Gasteiger charge is 2.12. The van der Waals surface area contributed by atoms with Crippen LogP contribution >= 0.6 is 15.9 Å². The van der Waals surface area contributed by atoms with Gasteiger partial charge >= 0.3 is 0 Å². The summed E-state index contributed by atoms with van der Waals surface area (Å²) in [6.07, 6.45) is 0. The number of phenolic OH excluding ortho intramolecular Hbond substituents is 1. The third kappa shape index (κ3) is 1.59. The first-order valence-corrected chi connectivity index (χ1v) is 5.90. The molecular formula is C13H6BrFO3. The molecule has 3 rings (SSSR count). The van der Waals surface area contributed by atoms with Gasteiger partial charge in [0.15, 0.2) is 11.3 Å². The Hall–Kier alpha value is -1.88. The normalized spacial score (nSPS) is 11.2. The maximum atomic E-state index is 13.1. The monoisotopic (exact) mass is 308 g/mol. The Morgan fingerprint density at radius 1 is 1.17 bits per heavy atom. The average molecular weight is 309 g/mol. The van der Waals surface area contributed by atoms with Crippen LogP contribution in [0.5, 0.6) is 5.75 Å². The molecule has 0 radical (unpaired) electrons. The zero-order valence-electron chi connectivity index (χ0n) is 8.91. The molecule has 90 valence electrons. The molecule has 18 heavy (non-hydrogen) atoms. The first-order valence-electron chi connectivity index (χ1n) is 5.11. The van der Waals surface area contributed by atoms with E-state index in [-0.39, 0.29) is 33.1 Å². The maximum absolute atomic E-state index is 13.1. The summed E-state index contributed by atoms with van der Waals surface area (Å²) in [5.74, 6) is -0.663. The first-order chi connectivity index (χ1) is 8.56. The lowest BCUT2D eigenvalue weighted by atomic mass is 10.1. The molecule has 3 nitrogen and oxygen atoms in total. The molecule has 0 bridgehead atoms. The molecule has 5 heteroatoms. The van der Waals surface area contributed by atoms with Crippen molar-refractivity contribution in [3.05, 3.63) is 50.8 Å². The van der Waals surface area contributed by atoms with Crippen LogP contribution in [0, 0.1) is 5.82 Å². The van der Waals surface area contributed by atoms with Crippen molar-refractivity contribution in [1.82, 2.24) is 0 Å². The molecule has 0 atom stereocenters. The topological polar surface area (TPSA) is 50.4 Å². The van der Waals surface area contributed by atoms with Crippen molar-refractivity contribution in [2.75, 3.05) is 0 Å². The SMILES string of the molecule is O=c1c2ccc(F)cc2oc2c(O)cc(Br)cc12. The van der Waals surface area contributed by atoms with Crippen molar-refractivity contribution in [3.63, 3.8) is 0 Å². The Labute approximate surface area is 109 Å². The van der Waals surface area contributed by atoms with E-state index in [1.54, 1.807) is 6.07 Å². The van der Waals surface area contributed by atoms with Crippen LogP contribution in [0.25, 0.3) is 21.9 Å². The molecule has 0 spiro atoms. The number of fused-ring (bicyclic) bond motifs is 2. The summed E-state index contributed by atoms with van der Waals surface area (Å²) in [6.45, 7) is 0. The molecule has 1 N–H and O–H groups in total. The summed E-state index contributed by atoms with van der Waals surface area (Å²) < 4.78 is 19.1. The van der Waals surface area contributed by atoms with Crippen molar-refractivity contribution in [3.8, 4) is 5.75 Å². The number of phenols is 1. The van der Waals surface area contributed by atoms with Gasteiger partial charge in [-0.05, 0) is 24.3 Å². The van der Waals surface area contributed by atoms with Gasteiger partial charge in [-0.1, -0.05) is 15.9 Å². The van der Waals surface area contributed by atoms with Crippen molar-refractivity contribution < 1.29 is 13.9 Å². The van der Waals surface area contributed by atoms with Gasteiger partial charge in [-0.25, -0.2) is 4.39 Å². The van der Waals surface area contributed by atoms with Crippen molar-refractivity contribution in [2.45, 2.75) is 0 Å². The molecule has 0 fully saturated rings. The van der Waals surface area contributed by atoms with Crippen molar-refractivity contribution >= 4 is 37.9 Å². The first kappa shape index (κ1) is 11.2. The molecule has 0 saturated heterocycles. The number of benzene rings is 2. The number of aromatic hydroxyl groups is 1. The summed E-state index contributed by atoms with van der Waals surface area (Å²) in [5, 5.41) is 10.3. The Kier molecular flexibility index (Phi) is 2.38. The quantitative estimate of drug-likeness (QED) is 0.646. The predicted octanol–water partition coefficient (Wildman–Crippen LogP) is 3.55. The second-order valence-electron chi connectivity index (χ2n) is 3.87. The highest BCUT2D eigenvalue weighted by atomic mass is 79.9. The lowest BCUT2D eigenvalue weighted by molar-refractivity contribution is 0.467. The second-order valence-corrected chi connectivity index (χ2v) is 4.79. The molecule has 1 aromatic heterocycles. The number of hydrogen-bond acceptors (Lipinski definition) is 3. The van der Waals surface area contributed by atoms with Crippen LogP contribution in [-0.2, 0) is 0 Å². The van der Waals surface area contributed by atoms with E-state index in [9.17, 15) is 14.3 Å². The minimum atomic E-state index is -0.499. The van der Waals surface area contributed by atoms with Crippen molar-refractivity contribution in [1.29, 1.82) is 0 Å². The molecule has 0 aliphatic rings. The Bertz CT molecular complexity index is 839. The molecule has 0 aliphatic carbocycles. The molecule has 3 aromatic rings. The smallest absolute Gasteiger partial charge is 0.200 e. The summed E-state index contributed by atoms with van der Waals surface area (Å²) >= 11 is 3.19. The lowest BCUT2D eigenvalue weighted by Crippen LogP contribution is -2.02. The van der Waals surface area contributed by atoms with Crippen LogP contribution in [0.1, 0.15) is 0 Å². The van der Waals surface area contributed by atoms with Gasteiger partial charge in [-0.15, -0.1) is 0 Å². The molecule has 0 aliphatic heterocycles. The van der Waals surface area contributed by atoms with Gasteiger partial charge < -0.3 is 9.52 Å². The van der Waals surface area contributed by atoms with Gasteiger partial charge in [-0.2, -0.15) is 0 Å². The highest BCUT2D eigenvalue weighted by Crippen LogP contribution is 2.29. The third-order valence-corrected chi connectivity index (χ3v) is 3.14. The standard InChI is InChI=1S/C13H6BrFO3/c14-6-3-9-12(17)8-2-1-7(15)5-11(8)18-13(9)10(16)4-6/h1-5,16H. The molecule has 1 heterocycles. The largest absolute Gasteiger partial charge is 0.504 e. The fourth-order valence-corrected chi connectivity index (χ4v) is 2.32. The van der Waals surface area contributed by atoms with Gasteiger partial charge in [-0.3, -0.25) is 4.79 Å². The lowest BCUT2D eigenvalue weighted by Gasteiger charge is -2.03. The fraction of sp³-hybridized carbons (Fsp3) is 0. The van der Waals surface area contributed by atoms with Crippen LogP contribution in [0.4, 0.5) is 4.39 Å². The number of hydrogen-bond donors (Lipinski definition) is 1. The van der Waals surface area contributed by atoms with E-state index in [1.165, 1.54) is 18.2 Å². The average Bonchev–Trinajstić information content (AvgIpc) is 2.31. The number of halogens is 2. The minimum absolute atomic E-state index is 0.0568. The maximum Gasteiger partial charge on any atom is 0.200 e. The van der Waals surface area contributed by atoms with E-state index in [1.807, 2.05) is 0 Å². The van der Waals surface area contributed by atoms with E-state index >= 15 is 0 Å². The Morgan fingerprint density at radius 2 is 1.94 bits per heavy atom. The zero-order chi connectivity index (χ0) is 12.9. The second kappa shape index (κ2) is 3.81. The van der Waals surface area contributed by atoms with Gasteiger partial charge in [0.05, 0.1) is 10.8 Å². The van der Waals surface area contributed by atoms with Crippen LogP contribution in [0.2, 0.25) is 0 Å². The van der Waals surface area contributed by atoms with Gasteiger partial charge in [0, 0.05) is 10.5 Å². The fourth-order valence-electron chi connectivity index (χ4n) is 1.88. The number of rotatable bonds is 0. The summed E-state index contributed by atoms with van der Waals surface area (Å²) in [6, 6.07) is 6.66. The summed E-state index contributed by atoms with van der Waals surface area (Å²) in [5.41, 5.74) is -0.130. The van der Waals surface area contributed by atoms with Crippen LogP contribution in [0.15, 0.2) is 44.0 Å². The van der Waals surface area contributed by atoms with Crippen LogP contribution in [0.3, 0.4) is 0 Å². The van der Waals surface area contributed by atoms with Gasteiger partial charge in [0.1, 0.15) is 11.4 Å². The van der Waals surface area contributed by atoms with Crippen LogP contribution < -0.4 is 5.43 Å². The van der Waals surface area contributed by atoms with E-state index in [4.69, 9.17) is 4.42 Å². The van der Waals surface area contributed by atoms with Crippen molar-refractivity contribution in [2.24, 2.45) is 0 Å². The highest BCUT2D eigenvalue weighted by molar-refractivity contribution is 9.10. The Morgan fingerprint density at radius 3 is 2.72 bits per heavy atom. The van der Waals surface area contributed by atoms with E-state index < -0.39 is 5.82 Å². The summed E-state index contributed by atoms with van der Waals surface area (Å²) in [4.78, 5) is 12.2. The molecule has 0 amide bonds. The van der Waals surface area contributed by atoms with Gasteiger partial charge in [0.2, 0.25) is 5.43 Å². The van der Waals surface area contributed by atoms with E-state index in [0.717, 1.165) is 6.07 Å². The predicted molar refractivity (Wildman–Crippen MR) is 69.3 cm³/mol. The summed E-state index contributed by atoms with van der Waals surface area (Å²) in [7, 11) is 0. The Balaban J connectivity index is 2.61. The third-order valence-electron chi connectivity index (χ3n) is 2.68. The van der Waals surface area contributed by atoms with Crippen LogP contribution in [-0.4, -0.2) is 5.11 Å². The molecule has 0 unspecified atom stereocenters. The van der Waals surface area contributed by atoms with E-state index in [0.29, 0.717) is 4.47 Å². The van der Waals surface area contributed by atoms with Gasteiger partial charge in [0.25, 0.3) is 0 Å². The molecule has 0 saturated carbocycles. The minimum Gasteiger partial charge on any atom is -0.504 e.